The van der Waals surface area contributed by atoms with Gasteiger partial charge < -0.3 is 15.8 Å². The molecule has 1 fully saturated rings. The lowest BCUT2D eigenvalue weighted by molar-refractivity contribution is -0.122. The third-order valence-electron chi connectivity index (χ3n) is 2.99. The molecule has 3 unspecified atom stereocenters. The Morgan fingerprint density at radius 3 is 2.80 bits per heavy atom. The lowest BCUT2D eigenvalue weighted by Gasteiger charge is -2.27. The molecule has 15 heavy (non-hydrogen) atoms. The zero-order valence-corrected chi connectivity index (χ0v) is 10.4. The Morgan fingerprint density at radius 2 is 2.40 bits per heavy atom. The molecule has 3 N–H and O–H groups in total. The lowest BCUT2D eigenvalue weighted by Crippen LogP contribution is -2.53. The zero-order valence-electron chi connectivity index (χ0n) is 9.58. The van der Waals surface area contributed by atoms with E-state index in [2.05, 4.69) is 12.2 Å². The largest absolute Gasteiger partial charge is 0.377 e. The minimum Gasteiger partial charge on any atom is -0.377 e. The summed E-state index contributed by atoms with van der Waals surface area (Å²) in [4.78, 5) is 11.3. The maximum Gasteiger partial charge on any atom is 0.238 e. The van der Waals surface area contributed by atoms with E-state index in [0.29, 0.717) is 11.0 Å². The quantitative estimate of drug-likeness (QED) is 0.718. The van der Waals surface area contributed by atoms with Gasteiger partial charge in [0.15, 0.2) is 0 Å². The van der Waals surface area contributed by atoms with Gasteiger partial charge in [-0.1, -0.05) is 0 Å². The Hall–Kier alpha value is -0.260. The fraction of sp³-hybridized carbons (Fsp3) is 0.900. The number of primary amides is 1. The first-order valence-electron chi connectivity index (χ1n) is 5.21. The van der Waals surface area contributed by atoms with Crippen LogP contribution in [0, 0.1) is 0 Å². The van der Waals surface area contributed by atoms with Crippen LogP contribution < -0.4 is 11.1 Å². The molecule has 4 nitrogen and oxygen atoms in total. The standard InChI is InChI=1S/C10H20N2O2S/c1-7-8(4-5-14-7)15-6-10(2,12-3)9(11)13/h7-8,12H,4-6H2,1-3H3,(H2,11,13). The number of carbonyl (C=O) groups is 1. The van der Waals surface area contributed by atoms with Crippen LogP contribution in [0.5, 0.6) is 0 Å². The van der Waals surface area contributed by atoms with Gasteiger partial charge in [-0.3, -0.25) is 4.79 Å². The Kier molecular flexibility index (Phi) is 4.43. The average molecular weight is 232 g/mol. The number of amides is 1. The predicted octanol–water partition coefficient (Wildman–Crippen LogP) is 0.360. The summed E-state index contributed by atoms with van der Waals surface area (Å²) in [6.07, 6.45) is 1.34. The van der Waals surface area contributed by atoms with Gasteiger partial charge in [0.05, 0.1) is 6.10 Å². The number of nitrogens with two attached hydrogens (primary N) is 1. The SMILES string of the molecule is CNC(C)(CSC1CCOC1C)C(N)=O. The Balaban J connectivity index is 2.43. The van der Waals surface area contributed by atoms with Crippen molar-refractivity contribution in [3.8, 4) is 0 Å². The number of hydrogen-bond acceptors (Lipinski definition) is 4. The second-order valence-electron chi connectivity index (χ2n) is 4.16. The van der Waals surface area contributed by atoms with E-state index in [0.717, 1.165) is 13.0 Å². The Morgan fingerprint density at radius 1 is 1.73 bits per heavy atom. The molecule has 0 aromatic carbocycles. The number of thioether (sulfide) groups is 1. The molecule has 88 valence electrons. The number of ether oxygens (including phenoxy) is 1. The minimum absolute atomic E-state index is 0.281. The van der Waals surface area contributed by atoms with Gasteiger partial charge in [0.2, 0.25) is 5.91 Å². The smallest absolute Gasteiger partial charge is 0.238 e. The van der Waals surface area contributed by atoms with Crippen LogP contribution in [0.15, 0.2) is 0 Å². The number of likely N-dealkylation sites (N-methyl/N-ethyl adjacent to an activating group) is 1. The van der Waals surface area contributed by atoms with Crippen molar-refractivity contribution < 1.29 is 9.53 Å². The number of carbonyl (C=O) groups excluding carboxylic acids is 1. The van der Waals surface area contributed by atoms with Crippen LogP contribution >= 0.6 is 11.8 Å². The van der Waals surface area contributed by atoms with Crippen LogP contribution in [0.1, 0.15) is 20.3 Å². The minimum atomic E-state index is -0.618. The highest BCUT2D eigenvalue weighted by Crippen LogP contribution is 2.28. The van der Waals surface area contributed by atoms with Gasteiger partial charge in [0.25, 0.3) is 0 Å². The van der Waals surface area contributed by atoms with Gasteiger partial charge in [-0.2, -0.15) is 11.8 Å². The highest BCUT2D eigenvalue weighted by Gasteiger charge is 2.32. The van der Waals surface area contributed by atoms with E-state index in [4.69, 9.17) is 10.5 Å². The van der Waals surface area contributed by atoms with Crippen LogP contribution in [0.2, 0.25) is 0 Å². The first kappa shape index (κ1) is 12.8. The molecule has 1 heterocycles. The monoisotopic (exact) mass is 232 g/mol. The highest BCUT2D eigenvalue weighted by molar-refractivity contribution is 8.00. The first-order chi connectivity index (χ1) is 6.99. The van der Waals surface area contributed by atoms with Crippen molar-refractivity contribution >= 4 is 17.7 Å². The maximum atomic E-state index is 11.3. The van der Waals surface area contributed by atoms with Crippen molar-refractivity contribution in [1.29, 1.82) is 0 Å². The normalized spacial score (nSPS) is 30.1. The summed E-state index contributed by atoms with van der Waals surface area (Å²) in [5, 5.41) is 3.46. The van der Waals surface area contributed by atoms with Crippen LogP contribution in [0.4, 0.5) is 0 Å². The zero-order chi connectivity index (χ0) is 11.5. The maximum absolute atomic E-state index is 11.3. The van der Waals surface area contributed by atoms with E-state index in [1.807, 2.05) is 6.92 Å². The van der Waals surface area contributed by atoms with E-state index < -0.39 is 5.54 Å². The van der Waals surface area contributed by atoms with E-state index in [1.165, 1.54) is 0 Å². The third-order valence-corrected chi connectivity index (χ3v) is 4.78. The van der Waals surface area contributed by atoms with Gasteiger partial charge >= 0.3 is 0 Å². The van der Waals surface area contributed by atoms with Gasteiger partial charge in [-0.15, -0.1) is 0 Å². The van der Waals surface area contributed by atoms with Crippen molar-refractivity contribution in [1.82, 2.24) is 5.32 Å². The van der Waals surface area contributed by atoms with Crippen LogP contribution in [-0.2, 0) is 9.53 Å². The summed E-state index contributed by atoms with van der Waals surface area (Å²) in [5.41, 5.74) is 4.74. The van der Waals surface area contributed by atoms with Crippen LogP contribution in [0.25, 0.3) is 0 Å². The van der Waals surface area contributed by atoms with E-state index in [1.54, 1.807) is 18.8 Å². The van der Waals surface area contributed by atoms with Gasteiger partial charge in [0.1, 0.15) is 5.54 Å². The fourth-order valence-electron chi connectivity index (χ4n) is 1.47. The van der Waals surface area contributed by atoms with E-state index >= 15 is 0 Å². The Labute approximate surface area is 95.3 Å². The van der Waals surface area contributed by atoms with Gasteiger partial charge in [-0.25, -0.2) is 0 Å². The van der Waals surface area contributed by atoms with Crippen molar-refractivity contribution in [2.24, 2.45) is 5.73 Å². The van der Waals surface area contributed by atoms with E-state index in [9.17, 15) is 4.79 Å². The molecule has 1 rings (SSSR count). The van der Waals surface area contributed by atoms with Gasteiger partial charge in [-0.05, 0) is 27.3 Å². The predicted molar refractivity (Wildman–Crippen MR) is 62.9 cm³/mol. The summed E-state index contributed by atoms with van der Waals surface area (Å²) in [6, 6.07) is 0. The topological polar surface area (TPSA) is 64.3 Å². The fourth-order valence-corrected chi connectivity index (χ4v) is 2.92. The number of rotatable bonds is 5. The molecule has 1 saturated heterocycles. The summed E-state index contributed by atoms with van der Waals surface area (Å²) in [5.74, 6) is 0.390. The van der Waals surface area contributed by atoms with Crippen LogP contribution in [0.3, 0.4) is 0 Å². The molecule has 0 spiro atoms. The lowest BCUT2D eigenvalue weighted by atomic mass is 10.1. The molecule has 0 aromatic heterocycles. The average Bonchev–Trinajstić information content (AvgIpc) is 2.60. The summed E-state index contributed by atoms with van der Waals surface area (Å²) in [6.45, 7) is 4.74. The van der Waals surface area contributed by atoms with E-state index in [-0.39, 0.29) is 12.0 Å². The van der Waals surface area contributed by atoms with Crippen molar-refractivity contribution in [3.63, 3.8) is 0 Å². The number of hydrogen-bond donors (Lipinski definition) is 2. The van der Waals surface area contributed by atoms with Crippen molar-refractivity contribution in [2.75, 3.05) is 19.4 Å². The molecule has 0 aliphatic carbocycles. The highest BCUT2D eigenvalue weighted by atomic mass is 32.2. The second kappa shape index (κ2) is 5.18. The molecule has 1 aliphatic rings. The van der Waals surface area contributed by atoms with Crippen LogP contribution in [-0.4, -0.2) is 42.2 Å². The summed E-state index contributed by atoms with van der Waals surface area (Å²) in [7, 11) is 1.76. The third kappa shape index (κ3) is 3.09. The first-order valence-corrected chi connectivity index (χ1v) is 6.26. The second-order valence-corrected chi connectivity index (χ2v) is 5.39. The molecular formula is C10H20N2O2S. The molecule has 1 amide bonds. The van der Waals surface area contributed by atoms with Crippen molar-refractivity contribution in [2.45, 2.75) is 37.2 Å². The Bertz CT molecular complexity index is 237. The molecule has 0 bridgehead atoms. The number of nitrogens with one attached hydrogen (secondary N) is 1. The molecule has 0 radical (unpaired) electrons. The molecule has 0 saturated carbocycles. The molecule has 1 aliphatic heterocycles. The molecular weight excluding hydrogens is 212 g/mol. The van der Waals surface area contributed by atoms with Crippen molar-refractivity contribution in [3.05, 3.63) is 0 Å². The molecule has 5 heteroatoms. The van der Waals surface area contributed by atoms with Gasteiger partial charge in [0, 0.05) is 17.6 Å². The summed E-state index contributed by atoms with van der Waals surface area (Å²) < 4.78 is 5.47. The molecule has 3 atom stereocenters. The summed E-state index contributed by atoms with van der Waals surface area (Å²) >= 11 is 1.76. The molecule has 0 aromatic rings.